The zero-order chi connectivity index (χ0) is 15.0. The summed E-state index contributed by atoms with van der Waals surface area (Å²) in [4.78, 5) is 0. The fraction of sp³-hybridized carbons (Fsp3) is 0.571. The van der Waals surface area contributed by atoms with Crippen molar-refractivity contribution in [2.75, 3.05) is 12.4 Å². The van der Waals surface area contributed by atoms with Crippen molar-refractivity contribution in [3.63, 3.8) is 0 Å². The van der Waals surface area contributed by atoms with Crippen LogP contribution in [0.1, 0.15) is 44.2 Å². The lowest BCUT2D eigenvalue weighted by Gasteiger charge is -2.20. The molecule has 114 valence electrons. The first-order chi connectivity index (χ1) is 9.56. The molecule has 1 unspecified atom stereocenters. The van der Waals surface area contributed by atoms with Crippen molar-refractivity contribution < 1.29 is 18.4 Å². The van der Waals surface area contributed by atoms with E-state index in [0.29, 0.717) is 24.2 Å². The number of rotatable bonds is 9. The smallest absolute Gasteiger partial charge is 0.126 e. The molecule has 0 aliphatic carbocycles. The van der Waals surface area contributed by atoms with Crippen LogP contribution in [0, 0.1) is 11.6 Å². The van der Waals surface area contributed by atoms with E-state index in [2.05, 4.69) is 4.72 Å². The van der Waals surface area contributed by atoms with E-state index in [1.807, 2.05) is 6.92 Å². The van der Waals surface area contributed by atoms with Gasteiger partial charge in [0.1, 0.15) is 17.4 Å². The molecule has 6 heteroatoms. The fourth-order valence-corrected chi connectivity index (χ4v) is 3.10. The van der Waals surface area contributed by atoms with E-state index in [-0.39, 0.29) is 6.61 Å². The van der Waals surface area contributed by atoms with Gasteiger partial charge in [0.15, 0.2) is 0 Å². The van der Waals surface area contributed by atoms with E-state index in [9.17, 15) is 13.3 Å². The van der Waals surface area contributed by atoms with Gasteiger partial charge in [-0.25, -0.2) is 8.78 Å². The predicted octanol–water partition coefficient (Wildman–Crippen LogP) is 2.83. The molecule has 0 heterocycles. The third-order valence-corrected chi connectivity index (χ3v) is 4.10. The van der Waals surface area contributed by atoms with Gasteiger partial charge in [-0.2, -0.15) is 0 Å². The van der Waals surface area contributed by atoms with Crippen molar-refractivity contribution in [2.45, 2.75) is 38.6 Å². The number of aliphatic hydroxyl groups is 1. The lowest BCUT2D eigenvalue weighted by Crippen LogP contribution is -2.31. The van der Waals surface area contributed by atoms with E-state index >= 15 is 0 Å². The summed E-state index contributed by atoms with van der Waals surface area (Å²) in [6.45, 7) is 1.99. The van der Waals surface area contributed by atoms with Gasteiger partial charge in [-0.1, -0.05) is 13.3 Å². The van der Waals surface area contributed by atoms with Crippen LogP contribution < -0.4 is 4.72 Å². The summed E-state index contributed by atoms with van der Waals surface area (Å²) in [5, 5.41) is 8.89. The largest absolute Gasteiger partial charge is 0.598 e. The van der Waals surface area contributed by atoms with Crippen molar-refractivity contribution >= 4 is 11.4 Å². The molecule has 2 N–H and O–H groups in total. The van der Waals surface area contributed by atoms with Gasteiger partial charge in [-0.05, 0) is 37.0 Å². The Morgan fingerprint density at radius 2 is 1.90 bits per heavy atom. The van der Waals surface area contributed by atoms with Crippen LogP contribution in [0.4, 0.5) is 8.78 Å². The van der Waals surface area contributed by atoms with Gasteiger partial charge in [0.05, 0.1) is 6.04 Å². The molecule has 2 atom stereocenters. The summed E-state index contributed by atoms with van der Waals surface area (Å²) in [6, 6.07) is 2.84. The molecular formula is C14H21F2NO2S. The molecule has 0 aromatic heterocycles. The minimum Gasteiger partial charge on any atom is -0.598 e. The number of hydrogen-bond acceptors (Lipinski definition) is 3. The molecule has 1 rings (SSSR count). The second-order valence-electron chi connectivity index (χ2n) is 4.64. The molecule has 0 spiro atoms. The predicted molar refractivity (Wildman–Crippen MR) is 76.5 cm³/mol. The summed E-state index contributed by atoms with van der Waals surface area (Å²) >= 11 is -1.24. The highest BCUT2D eigenvalue weighted by molar-refractivity contribution is 7.89. The van der Waals surface area contributed by atoms with Crippen LogP contribution in [0.2, 0.25) is 0 Å². The van der Waals surface area contributed by atoms with Crippen LogP contribution in [-0.2, 0) is 11.4 Å². The standard InChI is InChI=1S/C14H21F2NO2S/c1-2-3-7-20(19)17-14(5-4-6-18)11-8-12(15)10-13(16)9-11/h8-10,14,17-18H,2-7H2,1H3/t14-,20?/m0/s1. The third-order valence-electron chi connectivity index (χ3n) is 2.90. The van der Waals surface area contributed by atoms with Crippen LogP contribution in [0.3, 0.4) is 0 Å². The molecule has 0 aliphatic rings. The van der Waals surface area contributed by atoms with Crippen LogP contribution in [0.5, 0.6) is 0 Å². The molecule has 20 heavy (non-hydrogen) atoms. The summed E-state index contributed by atoms with van der Waals surface area (Å²) in [7, 11) is 0. The zero-order valence-electron chi connectivity index (χ0n) is 11.6. The van der Waals surface area contributed by atoms with Crippen LogP contribution >= 0.6 is 0 Å². The Bertz CT molecular complexity index is 387. The Hall–Kier alpha value is -0.690. The molecular weight excluding hydrogens is 284 g/mol. The second kappa shape index (κ2) is 9.28. The van der Waals surface area contributed by atoms with E-state index in [1.54, 1.807) is 0 Å². The fourth-order valence-electron chi connectivity index (χ4n) is 1.86. The van der Waals surface area contributed by atoms with E-state index in [1.165, 1.54) is 12.1 Å². The second-order valence-corrected chi connectivity index (χ2v) is 5.98. The van der Waals surface area contributed by atoms with Gasteiger partial charge in [-0.3, -0.25) is 0 Å². The summed E-state index contributed by atoms with van der Waals surface area (Å²) in [5.74, 6) is -0.811. The molecule has 1 aromatic rings. The summed E-state index contributed by atoms with van der Waals surface area (Å²) in [6.07, 6.45) is 2.70. The SMILES string of the molecule is CCCC[S+]([O-])N[C@@H](CCCO)c1cc(F)cc(F)c1. The minimum atomic E-state index is -1.24. The van der Waals surface area contributed by atoms with Gasteiger partial charge in [0.25, 0.3) is 0 Å². The number of hydrogen-bond donors (Lipinski definition) is 2. The Balaban J connectivity index is 2.76. The van der Waals surface area contributed by atoms with Crippen molar-refractivity contribution in [3.05, 3.63) is 35.4 Å². The Morgan fingerprint density at radius 3 is 2.45 bits per heavy atom. The first kappa shape index (κ1) is 17.4. The Morgan fingerprint density at radius 1 is 1.25 bits per heavy atom. The summed E-state index contributed by atoms with van der Waals surface area (Å²) in [5.41, 5.74) is 0.417. The lowest BCUT2D eigenvalue weighted by atomic mass is 10.0. The number of halogens is 2. The lowest BCUT2D eigenvalue weighted by molar-refractivity contribution is 0.278. The monoisotopic (exact) mass is 305 g/mol. The van der Waals surface area contributed by atoms with Crippen molar-refractivity contribution in [1.82, 2.24) is 4.72 Å². The molecule has 0 aliphatic heterocycles. The average Bonchev–Trinajstić information content (AvgIpc) is 2.40. The van der Waals surface area contributed by atoms with Crippen LogP contribution in [0.25, 0.3) is 0 Å². The summed E-state index contributed by atoms with van der Waals surface area (Å²) < 4.78 is 41.3. The van der Waals surface area contributed by atoms with Gasteiger partial charge >= 0.3 is 0 Å². The number of benzene rings is 1. The van der Waals surface area contributed by atoms with Gasteiger partial charge in [0.2, 0.25) is 0 Å². The van der Waals surface area contributed by atoms with Crippen molar-refractivity contribution in [2.24, 2.45) is 0 Å². The van der Waals surface area contributed by atoms with Crippen LogP contribution in [0.15, 0.2) is 18.2 Å². The Labute approximate surface area is 121 Å². The molecule has 0 bridgehead atoms. The molecule has 3 nitrogen and oxygen atoms in total. The first-order valence-electron chi connectivity index (χ1n) is 6.78. The molecule has 0 fully saturated rings. The molecule has 0 saturated carbocycles. The first-order valence-corrected chi connectivity index (χ1v) is 8.10. The highest BCUT2D eigenvalue weighted by atomic mass is 32.2. The van der Waals surface area contributed by atoms with Crippen molar-refractivity contribution in [1.29, 1.82) is 0 Å². The quantitative estimate of drug-likeness (QED) is 0.690. The average molecular weight is 305 g/mol. The number of unbranched alkanes of at least 4 members (excludes halogenated alkanes) is 1. The van der Waals surface area contributed by atoms with Crippen LogP contribution in [-0.4, -0.2) is 22.0 Å². The maximum absolute atomic E-state index is 13.3. The molecule has 0 saturated heterocycles. The number of nitrogens with one attached hydrogen (secondary N) is 1. The van der Waals surface area contributed by atoms with Crippen molar-refractivity contribution in [3.8, 4) is 0 Å². The number of aliphatic hydroxyl groups excluding tert-OH is 1. The zero-order valence-corrected chi connectivity index (χ0v) is 12.4. The van der Waals surface area contributed by atoms with E-state index < -0.39 is 29.0 Å². The molecule has 0 amide bonds. The maximum Gasteiger partial charge on any atom is 0.126 e. The molecule has 1 aromatic carbocycles. The van der Waals surface area contributed by atoms with Gasteiger partial charge in [0, 0.05) is 24.0 Å². The minimum absolute atomic E-state index is 0.0163. The Kier molecular flexibility index (Phi) is 8.06. The van der Waals surface area contributed by atoms with Gasteiger partial charge < -0.3 is 9.66 Å². The highest BCUT2D eigenvalue weighted by Crippen LogP contribution is 2.22. The molecule has 0 radical (unpaired) electrons. The maximum atomic E-state index is 13.3. The topological polar surface area (TPSA) is 55.3 Å². The van der Waals surface area contributed by atoms with E-state index in [4.69, 9.17) is 5.11 Å². The van der Waals surface area contributed by atoms with Gasteiger partial charge in [-0.15, -0.1) is 4.72 Å². The third kappa shape index (κ3) is 6.17. The highest BCUT2D eigenvalue weighted by Gasteiger charge is 2.19. The van der Waals surface area contributed by atoms with E-state index in [0.717, 1.165) is 18.9 Å². The normalized spacial score (nSPS) is 14.2.